The number of thiophene rings is 1. The Morgan fingerprint density at radius 2 is 1.75 bits per heavy atom. The van der Waals surface area contributed by atoms with Gasteiger partial charge in [0.05, 0.1) is 11.1 Å². The summed E-state index contributed by atoms with van der Waals surface area (Å²) < 4.78 is 6.11. The van der Waals surface area contributed by atoms with E-state index in [4.69, 9.17) is 16.3 Å². The first-order valence-corrected chi connectivity index (χ1v) is 11.4. The Hall–Kier alpha value is -3.41. The Balaban J connectivity index is 1.59. The second-order valence-electron chi connectivity index (χ2n) is 7.53. The van der Waals surface area contributed by atoms with Crippen molar-refractivity contribution in [3.63, 3.8) is 0 Å². The minimum Gasteiger partial charge on any atom is -0.455 e. The third-order valence-corrected chi connectivity index (χ3v) is 6.48. The van der Waals surface area contributed by atoms with Crippen molar-refractivity contribution in [3.8, 4) is 22.6 Å². The van der Waals surface area contributed by atoms with Gasteiger partial charge in [-0.25, -0.2) is 9.97 Å². The van der Waals surface area contributed by atoms with Gasteiger partial charge < -0.3 is 10.1 Å². The summed E-state index contributed by atoms with van der Waals surface area (Å²) in [6.45, 7) is 4.25. The monoisotopic (exact) mass is 457 g/mol. The zero-order valence-corrected chi connectivity index (χ0v) is 19.2. The maximum atomic E-state index is 6.32. The van der Waals surface area contributed by atoms with E-state index < -0.39 is 0 Å². The van der Waals surface area contributed by atoms with Crippen LogP contribution in [0.3, 0.4) is 0 Å². The lowest BCUT2D eigenvalue weighted by Crippen LogP contribution is -1.98. The second-order valence-corrected chi connectivity index (χ2v) is 8.83. The molecule has 4 nitrogen and oxygen atoms in total. The van der Waals surface area contributed by atoms with Crippen molar-refractivity contribution in [2.24, 2.45) is 0 Å². The molecular formula is C26H20ClN3OS. The average molecular weight is 458 g/mol. The molecule has 3 aromatic carbocycles. The number of aryl methyl sites for hydroxylation is 2. The largest absolute Gasteiger partial charge is 0.455 e. The molecule has 0 saturated heterocycles. The maximum Gasteiger partial charge on any atom is 0.151 e. The molecule has 2 heterocycles. The number of para-hydroxylation sites is 1. The van der Waals surface area contributed by atoms with Crippen molar-refractivity contribution in [1.82, 2.24) is 9.97 Å². The van der Waals surface area contributed by atoms with Crippen LogP contribution in [0.2, 0.25) is 5.02 Å². The molecule has 0 aliphatic carbocycles. The number of halogens is 1. The van der Waals surface area contributed by atoms with Crippen LogP contribution in [-0.4, -0.2) is 9.97 Å². The van der Waals surface area contributed by atoms with Crippen molar-refractivity contribution in [2.45, 2.75) is 13.8 Å². The first-order valence-electron chi connectivity index (χ1n) is 10.2. The van der Waals surface area contributed by atoms with E-state index in [9.17, 15) is 0 Å². The third kappa shape index (κ3) is 4.05. The fourth-order valence-corrected chi connectivity index (χ4v) is 4.61. The first-order chi connectivity index (χ1) is 15.6. The number of hydrogen-bond acceptors (Lipinski definition) is 5. The summed E-state index contributed by atoms with van der Waals surface area (Å²) in [4.78, 5) is 9.97. The van der Waals surface area contributed by atoms with E-state index in [-0.39, 0.29) is 0 Å². The molecule has 0 aliphatic rings. The molecule has 0 radical (unpaired) electrons. The third-order valence-electron chi connectivity index (χ3n) is 5.35. The molecule has 5 rings (SSSR count). The van der Waals surface area contributed by atoms with Gasteiger partial charge in [-0.1, -0.05) is 48.0 Å². The van der Waals surface area contributed by atoms with Gasteiger partial charge in [0.2, 0.25) is 0 Å². The number of benzene rings is 3. The number of hydrogen-bond donors (Lipinski definition) is 1. The van der Waals surface area contributed by atoms with Crippen molar-refractivity contribution in [3.05, 3.63) is 94.6 Å². The molecule has 2 aromatic heterocycles. The lowest BCUT2D eigenvalue weighted by atomic mass is 10.0. The van der Waals surface area contributed by atoms with E-state index in [0.29, 0.717) is 16.6 Å². The van der Waals surface area contributed by atoms with E-state index in [1.807, 2.05) is 48.5 Å². The topological polar surface area (TPSA) is 47.0 Å². The van der Waals surface area contributed by atoms with Gasteiger partial charge in [-0.2, -0.15) is 0 Å². The van der Waals surface area contributed by atoms with Crippen LogP contribution in [0.5, 0.6) is 11.5 Å². The lowest BCUT2D eigenvalue weighted by Gasteiger charge is -2.14. The molecule has 0 aliphatic heterocycles. The predicted octanol–water partition coefficient (Wildman–Crippen LogP) is 8.16. The van der Waals surface area contributed by atoms with Crippen LogP contribution < -0.4 is 10.1 Å². The summed E-state index contributed by atoms with van der Waals surface area (Å²) in [6, 6.07) is 21.7. The number of nitrogens with zero attached hydrogens (tertiary/aromatic N) is 2. The molecule has 5 aromatic rings. The average Bonchev–Trinajstić information content (AvgIpc) is 3.23. The van der Waals surface area contributed by atoms with Crippen LogP contribution in [0.15, 0.2) is 78.4 Å². The zero-order valence-electron chi connectivity index (χ0n) is 17.6. The lowest BCUT2D eigenvalue weighted by molar-refractivity contribution is 0.485. The molecule has 0 unspecified atom stereocenters. The van der Waals surface area contributed by atoms with E-state index >= 15 is 0 Å². The number of nitrogens with one attached hydrogen (secondary N) is 1. The van der Waals surface area contributed by atoms with Gasteiger partial charge in [0.15, 0.2) is 5.75 Å². The van der Waals surface area contributed by atoms with Crippen LogP contribution >= 0.6 is 22.9 Å². The number of ether oxygens (including phenoxy) is 1. The fraction of sp³-hybridized carbons (Fsp3) is 0.0769. The molecule has 0 fully saturated rings. The van der Waals surface area contributed by atoms with Crippen molar-refractivity contribution >= 4 is 44.7 Å². The second kappa shape index (κ2) is 8.61. The van der Waals surface area contributed by atoms with Gasteiger partial charge in [-0.05, 0) is 60.9 Å². The normalized spacial score (nSPS) is 11.0. The molecule has 0 spiro atoms. The van der Waals surface area contributed by atoms with Crippen LogP contribution in [0.1, 0.15) is 11.1 Å². The Morgan fingerprint density at radius 1 is 0.906 bits per heavy atom. The van der Waals surface area contributed by atoms with Gasteiger partial charge in [0.1, 0.15) is 22.7 Å². The molecule has 158 valence electrons. The van der Waals surface area contributed by atoms with E-state index in [1.165, 1.54) is 11.1 Å². The summed E-state index contributed by atoms with van der Waals surface area (Å²) in [7, 11) is 0. The molecule has 0 saturated carbocycles. The van der Waals surface area contributed by atoms with Gasteiger partial charge in [-0.3, -0.25) is 0 Å². The molecule has 0 atom stereocenters. The summed E-state index contributed by atoms with van der Waals surface area (Å²) in [5.74, 6) is 2.12. The number of aromatic nitrogens is 2. The summed E-state index contributed by atoms with van der Waals surface area (Å²) in [5, 5.41) is 7.17. The van der Waals surface area contributed by atoms with Crippen LogP contribution in [0.25, 0.3) is 21.3 Å². The van der Waals surface area contributed by atoms with Crippen LogP contribution in [-0.2, 0) is 0 Å². The summed E-state index contributed by atoms with van der Waals surface area (Å²) in [6.07, 6.45) is 1.58. The Morgan fingerprint density at radius 3 is 2.56 bits per heavy atom. The van der Waals surface area contributed by atoms with Crippen LogP contribution in [0, 0.1) is 13.8 Å². The highest BCUT2D eigenvalue weighted by Gasteiger charge is 2.16. The van der Waals surface area contributed by atoms with E-state index in [0.717, 1.165) is 32.8 Å². The Bertz CT molecular complexity index is 1420. The summed E-state index contributed by atoms with van der Waals surface area (Å²) >= 11 is 7.92. The van der Waals surface area contributed by atoms with Gasteiger partial charge in [-0.15, -0.1) is 11.3 Å². The SMILES string of the molecule is Cc1ccc(-c2csc3ncnc(Nc4cc(Cl)ccc4Oc4ccccc4)c23)cc1C. The highest BCUT2D eigenvalue weighted by molar-refractivity contribution is 7.17. The van der Waals surface area contributed by atoms with Gasteiger partial charge in [0.25, 0.3) is 0 Å². The number of anilines is 2. The standard InChI is InChI=1S/C26H20ClN3OS/c1-16-8-9-18(12-17(16)2)21-14-32-26-24(21)25(28-15-29-26)30-22-13-19(27)10-11-23(22)31-20-6-4-3-5-7-20/h3-15H,1-2H3,(H,28,29,30). The molecule has 32 heavy (non-hydrogen) atoms. The molecule has 1 N–H and O–H groups in total. The number of fused-ring (bicyclic) bond motifs is 1. The Labute approximate surface area is 195 Å². The first kappa shape index (κ1) is 20.5. The summed E-state index contributed by atoms with van der Waals surface area (Å²) in [5.41, 5.74) is 5.50. The highest BCUT2D eigenvalue weighted by atomic mass is 35.5. The Kier molecular flexibility index (Phi) is 5.52. The van der Waals surface area contributed by atoms with Crippen molar-refractivity contribution in [1.29, 1.82) is 0 Å². The molecular weight excluding hydrogens is 438 g/mol. The molecule has 0 amide bonds. The molecule has 6 heteroatoms. The smallest absolute Gasteiger partial charge is 0.151 e. The zero-order chi connectivity index (χ0) is 22.1. The minimum absolute atomic E-state index is 0.609. The number of rotatable bonds is 5. The van der Waals surface area contributed by atoms with E-state index in [1.54, 1.807) is 17.7 Å². The van der Waals surface area contributed by atoms with Crippen LogP contribution in [0.4, 0.5) is 11.5 Å². The fourth-order valence-electron chi connectivity index (χ4n) is 3.52. The molecule has 0 bridgehead atoms. The van der Waals surface area contributed by atoms with E-state index in [2.05, 4.69) is 52.7 Å². The van der Waals surface area contributed by atoms with Crippen molar-refractivity contribution < 1.29 is 4.74 Å². The van der Waals surface area contributed by atoms with Gasteiger partial charge in [0, 0.05) is 16.0 Å². The predicted molar refractivity (Wildman–Crippen MR) is 134 cm³/mol. The highest BCUT2D eigenvalue weighted by Crippen LogP contribution is 2.40. The van der Waals surface area contributed by atoms with Crippen molar-refractivity contribution in [2.75, 3.05) is 5.32 Å². The maximum absolute atomic E-state index is 6.32. The minimum atomic E-state index is 0.609. The van der Waals surface area contributed by atoms with Gasteiger partial charge >= 0.3 is 0 Å². The quantitative estimate of drug-likeness (QED) is 0.289.